The fraction of sp³-hybridized carbons (Fsp3) is 0.676. The van der Waals surface area contributed by atoms with Crippen LogP contribution in [0.2, 0.25) is 0 Å². The van der Waals surface area contributed by atoms with Gasteiger partial charge >= 0.3 is 11.9 Å². The lowest BCUT2D eigenvalue weighted by atomic mass is 9.96. The zero-order valence-electron chi connectivity index (χ0n) is 37.4. The van der Waals surface area contributed by atoms with Crippen molar-refractivity contribution >= 4 is 96.3 Å². The van der Waals surface area contributed by atoms with Crippen molar-refractivity contribution in [2.75, 3.05) is 24.7 Å². The third kappa shape index (κ3) is 22.9. The minimum Gasteiger partial charge on any atom is -0.481 e. The molecule has 0 aliphatic rings. The minimum atomic E-state index is -1.92. The molecule has 0 unspecified atom stereocenters. The SMILES string of the molecule is CC[C@H](C)[C@H](NC(=O)[C@@H](NC(=O)[C@H](CO)NC(=O)[C@H](CCC(N)=O)NC(=O)[C@H](CC(=O)O)NC(=O)[C@@H](N)CS)[C@@H](C)O)C(=O)N[C@@H](CCCN=C(N)N)C(=O)N[C@@H](C)C(=O)N[C@@H](CS)C(=O)O. The van der Waals surface area contributed by atoms with Gasteiger partial charge in [0.05, 0.1) is 25.2 Å². The zero-order chi connectivity index (χ0) is 51.7. The van der Waals surface area contributed by atoms with E-state index < -0.39 is 157 Å². The molecular weight excluding hydrogens is 931 g/mol. The summed E-state index contributed by atoms with van der Waals surface area (Å²) in [6.45, 7) is 4.43. The Kier molecular flexibility index (Phi) is 28.3. The van der Waals surface area contributed by atoms with Gasteiger partial charge in [0.25, 0.3) is 0 Å². The zero-order valence-corrected chi connectivity index (χ0v) is 39.1. The highest BCUT2D eigenvalue weighted by Gasteiger charge is 2.37. The number of carbonyl (C=O) groups excluding carboxylic acids is 9. The molecule has 0 spiro atoms. The van der Waals surface area contributed by atoms with Gasteiger partial charge in [-0.1, -0.05) is 20.3 Å². The molecule has 0 bridgehead atoms. The van der Waals surface area contributed by atoms with E-state index in [0.29, 0.717) is 0 Å². The van der Waals surface area contributed by atoms with E-state index in [9.17, 15) is 73.2 Å². The van der Waals surface area contributed by atoms with Crippen molar-refractivity contribution in [3.63, 3.8) is 0 Å². The highest BCUT2D eigenvalue weighted by molar-refractivity contribution is 7.80. The van der Waals surface area contributed by atoms with Crippen LogP contribution in [0.25, 0.3) is 0 Å². The molecule has 380 valence electrons. The van der Waals surface area contributed by atoms with Crippen molar-refractivity contribution in [2.45, 2.75) is 127 Å². The van der Waals surface area contributed by atoms with Crippen LogP contribution in [0.3, 0.4) is 0 Å². The Morgan fingerprint density at radius 2 is 1.07 bits per heavy atom. The van der Waals surface area contributed by atoms with Gasteiger partial charge in [-0.2, -0.15) is 25.3 Å². The average molecular weight is 996 g/mol. The number of nitrogens with two attached hydrogens (primary N) is 4. The summed E-state index contributed by atoms with van der Waals surface area (Å²) in [6.07, 6.45) is -3.49. The van der Waals surface area contributed by atoms with Gasteiger partial charge < -0.3 is 85.9 Å². The maximum absolute atomic E-state index is 13.9. The van der Waals surface area contributed by atoms with Crippen LogP contribution < -0.4 is 65.5 Å². The Balaban J connectivity index is 6.40. The molecule has 9 amide bonds. The fourth-order valence-electron chi connectivity index (χ4n) is 5.54. The Morgan fingerprint density at radius 1 is 0.597 bits per heavy atom. The standard InChI is InChI=1S/C37H65N13O15S2/c1-5-15(2)26(34(62)45-19(7-6-10-42-37(40)41)30(58)43-16(3)28(56)48-23(14-67)36(64)65)49-35(63)27(17(4)52)50-33(61)22(12-51)47-31(59)20(8-9-24(39)53)44-32(60)21(11-25(54)55)46-29(57)18(38)13-66/h15-23,26-27,51-52,66-67H,5-14,38H2,1-4H3,(H2,39,53)(H,43,58)(H,44,60)(H,45,62)(H,46,57)(H,47,59)(H,48,56)(H,49,63)(H,50,61)(H,54,55)(H,64,65)(H4,40,41,42)/t15-,16-,17+,18-,19-,20-,21-,22-,23-,26-,27-/m0/s1. The third-order valence-electron chi connectivity index (χ3n) is 9.66. The molecule has 11 atom stereocenters. The van der Waals surface area contributed by atoms with E-state index in [4.69, 9.17) is 22.9 Å². The molecular formula is C37H65N13O15S2. The molecule has 0 rings (SSSR count). The Bertz CT molecular complexity index is 1790. The molecule has 0 saturated heterocycles. The van der Waals surface area contributed by atoms with Crippen LogP contribution in [-0.4, -0.2) is 177 Å². The summed E-state index contributed by atoms with van der Waals surface area (Å²) in [4.78, 5) is 144. The van der Waals surface area contributed by atoms with Crippen LogP contribution in [0.4, 0.5) is 0 Å². The fourth-order valence-corrected chi connectivity index (χ4v) is 5.95. The van der Waals surface area contributed by atoms with E-state index in [1.54, 1.807) is 13.8 Å². The Hall–Kier alpha value is -5.98. The number of hydrogen-bond donors (Lipinski definition) is 18. The number of thiol groups is 2. The van der Waals surface area contributed by atoms with E-state index in [0.717, 1.165) is 6.92 Å². The summed E-state index contributed by atoms with van der Waals surface area (Å²) in [5.41, 5.74) is 21.6. The largest absolute Gasteiger partial charge is 0.481 e. The number of nitrogens with zero attached hydrogens (tertiary/aromatic N) is 1. The van der Waals surface area contributed by atoms with E-state index >= 15 is 0 Å². The molecule has 0 radical (unpaired) electrons. The first-order chi connectivity index (χ1) is 31.2. The molecule has 0 aromatic rings. The van der Waals surface area contributed by atoms with Gasteiger partial charge in [-0.3, -0.25) is 52.9 Å². The number of aliphatic hydroxyl groups excluding tert-OH is 2. The maximum Gasteiger partial charge on any atom is 0.327 e. The number of carboxylic acids is 2. The normalized spacial score (nSPS) is 15.8. The smallest absolute Gasteiger partial charge is 0.327 e. The first-order valence-electron chi connectivity index (χ1n) is 20.7. The molecule has 0 heterocycles. The number of guanidine groups is 1. The summed E-state index contributed by atoms with van der Waals surface area (Å²) in [7, 11) is 0. The highest BCUT2D eigenvalue weighted by Crippen LogP contribution is 2.11. The van der Waals surface area contributed by atoms with E-state index in [-0.39, 0.29) is 43.3 Å². The van der Waals surface area contributed by atoms with Crippen LogP contribution >= 0.6 is 25.3 Å². The number of nitrogens with one attached hydrogen (secondary N) is 8. The monoisotopic (exact) mass is 995 g/mol. The van der Waals surface area contributed by atoms with E-state index in [1.165, 1.54) is 6.92 Å². The Morgan fingerprint density at radius 3 is 1.57 bits per heavy atom. The maximum atomic E-state index is 13.9. The third-order valence-corrected chi connectivity index (χ3v) is 10.4. The predicted octanol–water partition coefficient (Wildman–Crippen LogP) is -7.63. The second kappa shape index (κ2) is 31.1. The van der Waals surface area contributed by atoms with Crippen molar-refractivity contribution in [2.24, 2.45) is 33.8 Å². The molecule has 30 heteroatoms. The molecule has 0 saturated carbocycles. The lowest BCUT2D eigenvalue weighted by molar-refractivity contribution is -0.142. The second-order valence-corrected chi connectivity index (χ2v) is 15.9. The summed E-state index contributed by atoms with van der Waals surface area (Å²) in [5.74, 6) is -13.8. The number of hydrogen-bond acceptors (Lipinski definition) is 17. The molecule has 0 aromatic heterocycles. The quantitative estimate of drug-likeness (QED) is 0.0129. The van der Waals surface area contributed by atoms with Gasteiger partial charge in [-0.05, 0) is 39.0 Å². The first kappa shape index (κ1) is 61.0. The lowest BCUT2D eigenvalue weighted by Gasteiger charge is -2.30. The molecule has 28 nitrogen and oxygen atoms in total. The number of rotatable bonds is 32. The molecule has 67 heavy (non-hydrogen) atoms. The first-order valence-corrected chi connectivity index (χ1v) is 22.0. The van der Waals surface area contributed by atoms with Gasteiger partial charge in [-0.15, -0.1) is 0 Å². The van der Waals surface area contributed by atoms with Crippen LogP contribution in [-0.2, 0) is 52.7 Å². The van der Waals surface area contributed by atoms with Crippen molar-refractivity contribution in [3.05, 3.63) is 0 Å². The molecule has 0 aromatic carbocycles. The van der Waals surface area contributed by atoms with Gasteiger partial charge in [-0.25, -0.2) is 4.79 Å². The molecule has 0 aliphatic heterocycles. The summed E-state index contributed by atoms with van der Waals surface area (Å²) in [6, 6.07) is -14.1. The van der Waals surface area contributed by atoms with Crippen molar-refractivity contribution < 1.29 is 73.2 Å². The number of aliphatic imine (C=N–C) groups is 1. The average Bonchev–Trinajstić information content (AvgIpc) is 3.25. The van der Waals surface area contributed by atoms with Gasteiger partial charge in [0, 0.05) is 24.5 Å². The number of aliphatic carboxylic acids is 2. The van der Waals surface area contributed by atoms with Gasteiger partial charge in [0.2, 0.25) is 53.2 Å². The van der Waals surface area contributed by atoms with Crippen LogP contribution in [0.15, 0.2) is 4.99 Å². The minimum absolute atomic E-state index is 0.0129. The van der Waals surface area contributed by atoms with Crippen LogP contribution in [0.5, 0.6) is 0 Å². The molecule has 0 fully saturated rings. The number of primary amides is 1. The number of carboxylic acid groups (broad SMARTS) is 2. The summed E-state index contributed by atoms with van der Waals surface area (Å²) >= 11 is 7.76. The number of aliphatic hydroxyl groups is 2. The van der Waals surface area contributed by atoms with Crippen molar-refractivity contribution in [3.8, 4) is 0 Å². The van der Waals surface area contributed by atoms with Gasteiger partial charge in [0.1, 0.15) is 48.3 Å². The number of carbonyl (C=O) groups is 11. The van der Waals surface area contributed by atoms with Gasteiger partial charge in [0.15, 0.2) is 5.96 Å². The predicted molar refractivity (Wildman–Crippen MR) is 243 cm³/mol. The molecule has 0 aliphatic carbocycles. The molecule has 20 N–H and O–H groups in total. The topological polar surface area (TPSA) is 481 Å². The highest BCUT2D eigenvalue weighted by atomic mass is 32.1. The van der Waals surface area contributed by atoms with E-state index in [2.05, 4.69) is 72.8 Å². The summed E-state index contributed by atoms with van der Waals surface area (Å²) in [5, 5.41) is 57.4. The van der Waals surface area contributed by atoms with Crippen LogP contribution in [0, 0.1) is 5.92 Å². The van der Waals surface area contributed by atoms with Crippen molar-refractivity contribution in [1.82, 2.24) is 42.5 Å². The summed E-state index contributed by atoms with van der Waals surface area (Å²) < 4.78 is 0. The second-order valence-electron chi connectivity index (χ2n) is 15.2. The van der Waals surface area contributed by atoms with Crippen molar-refractivity contribution in [1.29, 1.82) is 0 Å². The Labute approximate surface area is 396 Å². The van der Waals surface area contributed by atoms with E-state index in [1.807, 2.05) is 0 Å². The van der Waals surface area contributed by atoms with Crippen LogP contribution in [0.1, 0.15) is 66.2 Å². The number of amides is 9. The lowest BCUT2D eigenvalue weighted by Crippen LogP contribution is -2.63.